The Morgan fingerprint density at radius 3 is 2.45 bits per heavy atom. The van der Waals surface area contributed by atoms with Crippen molar-refractivity contribution in [2.75, 3.05) is 11.9 Å². The van der Waals surface area contributed by atoms with Crippen molar-refractivity contribution in [1.82, 2.24) is 15.0 Å². The van der Waals surface area contributed by atoms with Crippen LogP contribution in [0.3, 0.4) is 0 Å². The molecule has 0 spiro atoms. The summed E-state index contributed by atoms with van der Waals surface area (Å²) >= 11 is 0. The third kappa shape index (κ3) is 3.63. The molecule has 0 saturated heterocycles. The zero-order valence-corrected chi connectivity index (χ0v) is 11.7. The van der Waals surface area contributed by atoms with Gasteiger partial charge in [-0.3, -0.25) is 0 Å². The van der Waals surface area contributed by atoms with Gasteiger partial charge >= 0.3 is 6.01 Å². The van der Waals surface area contributed by atoms with E-state index in [0.29, 0.717) is 23.9 Å². The summed E-state index contributed by atoms with van der Waals surface area (Å²) in [5.74, 6) is 0.595. The van der Waals surface area contributed by atoms with Gasteiger partial charge in [0, 0.05) is 12.1 Å². The number of aromatic nitrogens is 3. The fourth-order valence-corrected chi connectivity index (χ4v) is 1.59. The second-order valence-electron chi connectivity index (χ2n) is 4.47. The lowest BCUT2D eigenvalue weighted by molar-refractivity contribution is 0.222. The second-order valence-corrected chi connectivity index (χ2v) is 4.47. The van der Waals surface area contributed by atoms with Crippen LogP contribution in [0.2, 0.25) is 0 Å². The van der Waals surface area contributed by atoms with E-state index in [0.717, 1.165) is 0 Å². The van der Waals surface area contributed by atoms with E-state index in [1.54, 1.807) is 12.1 Å². The Labute approximate surface area is 117 Å². The summed E-state index contributed by atoms with van der Waals surface area (Å²) in [6, 6.07) is 6.24. The first-order valence-corrected chi connectivity index (χ1v) is 6.51. The van der Waals surface area contributed by atoms with Crippen LogP contribution in [0, 0.1) is 5.82 Å². The smallest absolute Gasteiger partial charge is 0.322 e. The minimum atomic E-state index is -0.298. The molecule has 0 aliphatic heterocycles. The average Bonchev–Trinajstić information content (AvgIpc) is 2.38. The van der Waals surface area contributed by atoms with Crippen LogP contribution in [0.1, 0.15) is 20.8 Å². The van der Waals surface area contributed by atoms with E-state index >= 15 is 0 Å². The fourth-order valence-electron chi connectivity index (χ4n) is 1.59. The highest BCUT2D eigenvalue weighted by Crippen LogP contribution is 2.19. The molecular formula is C14H17FN4O. The number of hydrogen-bond acceptors (Lipinski definition) is 5. The zero-order valence-electron chi connectivity index (χ0n) is 11.7. The zero-order chi connectivity index (χ0) is 14.5. The van der Waals surface area contributed by atoms with Crippen LogP contribution < -0.4 is 10.1 Å². The SMILES string of the molecule is CCNc1nc(OC(C)C)nc(-c2ccc(F)cc2)n1. The van der Waals surface area contributed by atoms with Crippen molar-refractivity contribution in [1.29, 1.82) is 0 Å². The monoisotopic (exact) mass is 276 g/mol. The highest BCUT2D eigenvalue weighted by molar-refractivity contribution is 5.56. The molecule has 0 aliphatic carbocycles. The fraction of sp³-hybridized carbons (Fsp3) is 0.357. The molecule has 2 rings (SSSR count). The van der Waals surface area contributed by atoms with Crippen LogP contribution >= 0.6 is 0 Å². The lowest BCUT2D eigenvalue weighted by atomic mass is 10.2. The van der Waals surface area contributed by atoms with Gasteiger partial charge < -0.3 is 10.1 Å². The molecule has 2 aromatic rings. The Bertz CT molecular complexity index is 572. The first-order chi connectivity index (χ1) is 9.58. The molecule has 1 N–H and O–H groups in total. The molecular weight excluding hydrogens is 259 g/mol. The van der Waals surface area contributed by atoms with Crippen LogP contribution in [0.15, 0.2) is 24.3 Å². The quantitative estimate of drug-likeness (QED) is 0.910. The van der Waals surface area contributed by atoms with Crippen LogP contribution in [-0.4, -0.2) is 27.6 Å². The van der Waals surface area contributed by atoms with E-state index in [9.17, 15) is 4.39 Å². The molecule has 20 heavy (non-hydrogen) atoms. The Kier molecular flexibility index (Phi) is 4.45. The van der Waals surface area contributed by atoms with Crippen LogP contribution in [0.4, 0.5) is 10.3 Å². The van der Waals surface area contributed by atoms with Crippen molar-refractivity contribution >= 4 is 5.95 Å². The number of anilines is 1. The summed E-state index contributed by atoms with van der Waals surface area (Å²) in [6.45, 7) is 6.43. The van der Waals surface area contributed by atoms with E-state index in [-0.39, 0.29) is 17.9 Å². The van der Waals surface area contributed by atoms with Crippen molar-refractivity contribution in [3.63, 3.8) is 0 Å². The number of benzene rings is 1. The van der Waals surface area contributed by atoms with E-state index in [1.165, 1.54) is 12.1 Å². The molecule has 1 heterocycles. The van der Waals surface area contributed by atoms with Crippen molar-refractivity contribution in [2.24, 2.45) is 0 Å². The maximum absolute atomic E-state index is 13.0. The number of nitrogens with one attached hydrogen (secondary N) is 1. The predicted octanol–water partition coefficient (Wildman–Crippen LogP) is 2.90. The van der Waals surface area contributed by atoms with Crippen LogP contribution in [0.5, 0.6) is 6.01 Å². The first-order valence-electron chi connectivity index (χ1n) is 6.51. The molecule has 106 valence electrons. The van der Waals surface area contributed by atoms with Gasteiger partial charge in [-0.2, -0.15) is 15.0 Å². The lowest BCUT2D eigenvalue weighted by Crippen LogP contribution is -2.12. The highest BCUT2D eigenvalue weighted by atomic mass is 19.1. The van der Waals surface area contributed by atoms with Gasteiger partial charge in [0.05, 0.1) is 6.10 Å². The Morgan fingerprint density at radius 2 is 1.85 bits per heavy atom. The first kappa shape index (κ1) is 14.2. The van der Waals surface area contributed by atoms with Crippen LogP contribution in [-0.2, 0) is 0 Å². The average molecular weight is 276 g/mol. The normalized spacial score (nSPS) is 10.7. The maximum Gasteiger partial charge on any atom is 0.322 e. The Balaban J connectivity index is 2.40. The standard InChI is InChI=1S/C14H17FN4O/c1-4-16-13-17-12(10-5-7-11(15)8-6-10)18-14(19-13)20-9(2)3/h5-9H,4H2,1-3H3,(H,16,17,18,19). The molecule has 0 amide bonds. The van der Waals surface area contributed by atoms with E-state index < -0.39 is 0 Å². The number of hydrogen-bond donors (Lipinski definition) is 1. The third-order valence-electron chi connectivity index (χ3n) is 2.39. The molecule has 0 fully saturated rings. The minimum absolute atomic E-state index is 0.0343. The van der Waals surface area contributed by atoms with Gasteiger partial charge in [0.1, 0.15) is 5.82 Å². The predicted molar refractivity (Wildman–Crippen MR) is 75.1 cm³/mol. The molecule has 1 aromatic heterocycles. The molecule has 0 atom stereocenters. The highest BCUT2D eigenvalue weighted by Gasteiger charge is 2.10. The number of rotatable bonds is 5. The number of nitrogens with zero attached hydrogens (tertiary/aromatic N) is 3. The van der Waals surface area contributed by atoms with Crippen molar-refractivity contribution in [3.05, 3.63) is 30.1 Å². The van der Waals surface area contributed by atoms with E-state index in [1.807, 2.05) is 20.8 Å². The topological polar surface area (TPSA) is 59.9 Å². The van der Waals surface area contributed by atoms with Gasteiger partial charge in [-0.05, 0) is 45.0 Å². The minimum Gasteiger partial charge on any atom is -0.461 e. The number of ether oxygens (including phenoxy) is 1. The van der Waals surface area contributed by atoms with E-state index in [2.05, 4.69) is 20.3 Å². The lowest BCUT2D eigenvalue weighted by Gasteiger charge is -2.10. The summed E-state index contributed by atoms with van der Waals surface area (Å²) in [6.07, 6.45) is -0.0343. The van der Waals surface area contributed by atoms with Crippen molar-refractivity contribution in [3.8, 4) is 17.4 Å². The molecule has 0 radical (unpaired) electrons. The number of halogens is 1. The Morgan fingerprint density at radius 1 is 1.15 bits per heavy atom. The third-order valence-corrected chi connectivity index (χ3v) is 2.39. The summed E-state index contributed by atoms with van der Waals surface area (Å²) < 4.78 is 18.5. The summed E-state index contributed by atoms with van der Waals surface area (Å²) in [7, 11) is 0. The summed E-state index contributed by atoms with van der Waals surface area (Å²) in [5.41, 5.74) is 0.710. The van der Waals surface area contributed by atoms with Crippen molar-refractivity contribution in [2.45, 2.75) is 26.9 Å². The van der Waals surface area contributed by atoms with Gasteiger partial charge in [-0.25, -0.2) is 4.39 Å². The molecule has 6 heteroatoms. The molecule has 0 aliphatic rings. The van der Waals surface area contributed by atoms with Gasteiger partial charge in [-0.1, -0.05) is 0 Å². The largest absolute Gasteiger partial charge is 0.461 e. The molecule has 5 nitrogen and oxygen atoms in total. The van der Waals surface area contributed by atoms with Gasteiger partial charge in [0.25, 0.3) is 0 Å². The van der Waals surface area contributed by atoms with Gasteiger partial charge in [0.2, 0.25) is 5.95 Å². The maximum atomic E-state index is 13.0. The van der Waals surface area contributed by atoms with E-state index in [4.69, 9.17) is 4.74 Å². The summed E-state index contributed by atoms with van der Waals surface area (Å²) in [5, 5.41) is 3.03. The Hall–Kier alpha value is -2.24. The van der Waals surface area contributed by atoms with Gasteiger partial charge in [0.15, 0.2) is 5.82 Å². The molecule has 0 saturated carbocycles. The summed E-state index contributed by atoms with van der Waals surface area (Å²) in [4.78, 5) is 12.7. The molecule has 0 bridgehead atoms. The van der Waals surface area contributed by atoms with Gasteiger partial charge in [-0.15, -0.1) is 0 Å². The molecule has 1 aromatic carbocycles. The van der Waals surface area contributed by atoms with Crippen LogP contribution in [0.25, 0.3) is 11.4 Å². The molecule has 0 unspecified atom stereocenters. The van der Waals surface area contributed by atoms with Crippen molar-refractivity contribution < 1.29 is 9.13 Å². The second kappa shape index (κ2) is 6.27.